The van der Waals surface area contributed by atoms with E-state index in [0.29, 0.717) is 35.1 Å². The van der Waals surface area contributed by atoms with E-state index in [-0.39, 0.29) is 16.8 Å². The van der Waals surface area contributed by atoms with Gasteiger partial charge in [0.15, 0.2) is 0 Å². The second kappa shape index (κ2) is 11.2. The minimum Gasteiger partial charge on any atom is -0.355 e. The van der Waals surface area contributed by atoms with E-state index in [1.165, 1.54) is 37.0 Å². The Morgan fingerprint density at radius 1 is 1.14 bits per heavy atom. The van der Waals surface area contributed by atoms with Crippen molar-refractivity contribution in [3.63, 3.8) is 0 Å². The number of benzene rings is 1. The minimum atomic E-state index is -0.335. The van der Waals surface area contributed by atoms with Crippen molar-refractivity contribution in [2.75, 3.05) is 31.5 Å². The zero-order valence-corrected chi connectivity index (χ0v) is 17.9. The number of hydrogen-bond donors (Lipinski definition) is 2. The van der Waals surface area contributed by atoms with Crippen LogP contribution in [0.1, 0.15) is 46.9 Å². The normalized spacial score (nSPS) is 14.9. The molecule has 0 atom stereocenters. The fraction of sp³-hybridized carbons (Fsp3) is 0.500. The van der Waals surface area contributed by atoms with Crippen molar-refractivity contribution in [2.45, 2.75) is 38.5 Å². The van der Waals surface area contributed by atoms with Crippen LogP contribution >= 0.6 is 22.9 Å². The highest BCUT2D eigenvalue weighted by Gasteiger charge is 2.14. The molecule has 1 aromatic carbocycles. The predicted molar refractivity (Wildman–Crippen MR) is 116 cm³/mol. The monoisotopic (exact) mass is 435 g/mol. The van der Waals surface area contributed by atoms with Gasteiger partial charge in [-0.15, -0.1) is 10.2 Å². The number of nitrogens with one attached hydrogen (secondary N) is 2. The summed E-state index contributed by atoms with van der Waals surface area (Å²) in [5, 5.41) is 15.1. The molecule has 0 aliphatic carbocycles. The lowest BCUT2D eigenvalue weighted by molar-refractivity contribution is -0.121. The smallest absolute Gasteiger partial charge is 0.286 e. The molecule has 1 aliphatic rings. The van der Waals surface area contributed by atoms with E-state index < -0.39 is 0 Å². The van der Waals surface area contributed by atoms with Crippen LogP contribution in [0.2, 0.25) is 5.02 Å². The van der Waals surface area contributed by atoms with Crippen LogP contribution in [0.25, 0.3) is 0 Å². The van der Waals surface area contributed by atoms with E-state index in [2.05, 4.69) is 25.7 Å². The summed E-state index contributed by atoms with van der Waals surface area (Å²) in [6, 6.07) is 6.91. The summed E-state index contributed by atoms with van der Waals surface area (Å²) in [4.78, 5) is 26.8. The Morgan fingerprint density at radius 2 is 1.93 bits per heavy atom. The van der Waals surface area contributed by atoms with E-state index in [1.54, 1.807) is 24.3 Å². The Balaban J connectivity index is 1.38. The molecule has 1 aliphatic heterocycles. The average molecular weight is 436 g/mol. The van der Waals surface area contributed by atoms with Crippen LogP contribution in [0.5, 0.6) is 0 Å². The second-order valence-corrected chi connectivity index (χ2v) is 8.57. The lowest BCUT2D eigenvalue weighted by atomic mass is 10.2. The molecule has 0 spiro atoms. The average Bonchev–Trinajstić information content (AvgIpc) is 3.03. The largest absolute Gasteiger partial charge is 0.355 e. The van der Waals surface area contributed by atoms with Gasteiger partial charge < -0.3 is 15.5 Å². The molecule has 0 saturated carbocycles. The quantitative estimate of drug-likeness (QED) is 0.663. The van der Waals surface area contributed by atoms with Gasteiger partial charge in [-0.3, -0.25) is 9.59 Å². The summed E-state index contributed by atoms with van der Waals surface area (Å²) in [6.07, 6.45) is 5.92. The number of amides is 2. The maximum Gasteiger partial charge on any atom is 0.286 e. The fourth-order valence-corrected chi connectivity index (χ4v) is 4.14. The SMILES string of the molecule is O=C(CCc1nnc(C(=O)Nc2cccc(Cl)c2)s1)NCCN1CCCCCC1. The number of halogens is 1. The predicted octanol–water partition coefficient (Wildman–Crippen LogP) is 3.37. The highest BCUT2D eigenvalue weighted by atomic mass is 35.5. The molecular formula is C20H26ClN5O2S. The molecule has 9 heteroatoms. The minimum absolute atomic E-state index is 0.0000455. The molecule has 2 amide bonds. The molecule has 3 rings (SSSR count). The van der Waals surface area contributed by atoms with Gasteiger partial charge in [-0.1, -0.05) is 41.8 Å². The Hall–Kier alpha value is -2.03. The number of likely N-dealkylation sites (tertiary alicyclic amines) is 1. The lowest BCUT2D eigenvalue weighted by Gasteiger charge is -2.19. The Kier molecular flexibility index (Phi) is 8.39. The fourth-order valence-electron chi connectivity index (χ4n) is 3.22. The van der Waals surface area contributed by atoms with Crippen LogP contribution in [-0.2, 0) is 11.2 Å². The number of anilines is 1. The number of nitrogens with zero attached hydrogens (tertiary/aromatic N) is 3. The van der Waals surface area contributed by atoms with E-state index in [9.17, 15) is 9.59 Å². The highest BCUT2D eigenvalue weighted by Crippen LogP contribution is 2.17. The highest BCUT2D eigenvalue weighted by molar-refractivity contribution is 7.13. The molecule has 0 unspecified atom stereocenters. The number of rotatable bonds is 8. The molecule has 0 radical (unpaired) electrons. The van der Waals surface area contributed by atoms with Crippen LogP contribution in [0.4, 0.5) is 5.69 Å². The van der Waals surface area contributed by atoms with Gasteiger partial charge in [-0.05, 0) is 44.1 Å². The van der Waals surface area contributed by atoms with Gasteiger partial charge in [-0.2, -0.15) is 0 Å². The van der Waals surface area contributed by atoms with Gasteiger partial charge in [0, 0.05) is 36.6 Å². The molecule has 2 aromatic rings. The van der Waals surface area contributed by atoms with Gasteiger partial charge in [0.05, 0.1) is 0 Å². The topological polar surface area (TPSA) is 87.2 Å². The third-order valence-electron chi connectivity index (χ3n) is 4.76. The van der Waals surface area contributed by atoms with Crippen molar-refractivity contribution < 1.29 is 9.59 Å². The van der Waals surface area contributed by atoms with E-state index in [0.717, 1.165) is 19.6 Å². The van der Waals surface area contributed by atoms with Crippen LogP contribution < -0.4 is 10.6 Å². The lowest BCUT2D eigenvalue weighted by Crippen LogP contribution is -2.35. The Morgan fingerprint density at radius 3 is 2.69 bits per heavy atom. The summed E-state index contributed by atoms with van der Waals surface area (Å²) in [5.74, 6) is -0.335. The van der Waals surface area contributed by atoms with E-state index in [4.69, 9.17) is 11.6 Å². The third-order valence-corrected chi connectivity index (χ3v) is 5.98. The zero-order chi connectivity index (χ0) is 20.5. The van der Waals surface area contributed by atoms with Crippen molar-refractivity contribution in [1.82, 2.24) is 20.4 Å². The van der Waals surface area contributed by atoms with Crippen LogP contribution in [0.15, 0.2) is 24.3 Å². The summed E-state index contributed by atoms with van der Waals surface area (Å²) >= 11 is 7.12. The molecule has 2 N–H and O–H groups in total. The first-order chi connectivity index (χ1) is 14.1. The van der Waals surface area contributed by atoms with Crippen molar-refractivity contribution in [3.05, 3.63) is 39.3 Å². The van der Waals surface area contributed by atoms with Crippen LogP contribution in [0.3, 0.4) is 0 Å². The van der Waals surface area contributed by atoms with E-state index >= 15 is 0 Å². The third kappa shape index (κ3) is 7.38. The van der Waals surface area contributed by atoms with Gasteiger partial charge in [0.1, 0.15) is 5.01 Å². The molecule has 29 heavy (non-hydrogen) atoms. The maximum atomic E-state index is 12.3. The molecule has 1 aromatic heterocycles. The van der Waals surface area contributed by atoms with Crippen LogP contribution in [0, 0.1) is 0 Å². The van der Waals surface area contributed by atoms with Gasteiger partial charge in [0.25, 0.3) is 5.91 Å². The Bertz CT molecular complexity index is 821. The number of aryl methyl sites for hydroxylation is 1. The van der Waals surface area contributed by atoms with Crippen molar-refractivity contribution in [3.8, 4) is 0 Å². The summed E-state index contributed by atoms with van der Waals surface area (Å²) < 4.78 is 0. The van der Waals surface area contributed by atoms with Crippen LogP contribution in [-0.4, -0.2) is 53.1 Å². The zero-order valence-electron chi connectivity index (χ0n) is 16.3. The first-order valence-corrected chi connectivity index (χ1v) is 11.2. The molecule has 7 nitrogen and oxygen atoms in total. The molecule has 156 valence electrons. The first-order valence-electron chi connectivity index (χ1n) is 9.98. The van der Waals surface area contributed by atoms with Crippen molar-refractivity contribution >= 4 is 40.4 Å². The van der Waals surface area contributed by atoms with Crippen molar-refractivity contribution in [2.24, 2.45) is 0 Å². The van der Waals surface area contributed by atoms with E-state index in [1.807, 2.05) is 0 Å². The molecule has 1 fully saturated rings. The number of carbonyl (C=O) groups excluding carboxylic acids is 2. The summed E-state index contributed by atoms with van der Waals surface area (Å²) in [6.45, 7) is 3.82. The number of aromatic nitrogens is 2. The second-order valence-electron chi connectivity index (χ2n) is 7.07. The molecule has 0 bridgehead atoms. The number of hydrogen-bond acceptors (Lipinski definition) is 6. The maximum absolute atomic E-state index is 12.3. The summed E-state index contributed by atoms with van der Waals surface area (Å²) in [7, 11) is 0. The van der Waals surface area contributed by atoms with Crippen molar-refractivity contribution in [1.29, 1.82) is 0 Å². The van der Waals surface area contributed by atoms with Gasteiger partial charge in [0.2, 0.25) is 10.9 Å². The first kappa shape index (κ1) is 21.7. The molecular weight excluding hydrogens is 410 g/mol. The summed E-state index contributed by atoms with van der Waals surface area (Å²) in [5.41, 5.74) is 0.600. The van der Waals surface area contributed by atoms with Gasteiger partial charge in [-0.25, -0.2) is 0 Å². The van der Waals surface area contributed by atoms with Gasteiger partial charge >= 0.3 is 0 Å². The Labute approximate surface area is 179 Å². The molecule has 2 heterocycles. The standard InChI is InChI=1S/C20H26ClN5O2S/c21-15-6-5-7-16(14-15)23-19(28)20-25-24-18(29-20)9-8-17(27)22-10-13-26-11-3-1-2-4-12-26/h5-7,14H,1-4,8-13H2,(H,22,27)(H,23,28). The molecule has 1 saturated heterocycles. The number of carbonyl (C=O) groups is 2.